The Balaban J connectivity index is 2.13. The van der Waals surface area contributed by atoms with Crippen LogP contribution in [0.3, 0.4) is 0 Å². The Bertz CT molecular complexity index is 773. The highest BCUT2D eigenvalue weighted by molar-refractivity contribution is 6.03. The second-order valence-electron chi connectivity index (χ2n) is 4.74. The first-order chi connectivity index (χ1) is 11.5. The number of rotatable bonds is 6. The van der Waals surface area contributed by atoms with Gasteiger partial charge < -0.3 is 10.1 Å². The summed E-state index contributed by atoms with van der Waals surface area (Å²) in [5, 5.41) is 13.6. The number of nitro benzene ring substituents is 1. The number of ether oxygens (including phenoxy) is 1. The molecule has 0 spiro atoms. The minimum atomic E-state index is -0.595. The highest BCUT2D eigenvalue weighted by Gasteiger charge is 2.16. The van der Waals surface area contributed by atoms with Crippen molar-refractivity contribution in [2.24, 2.45) is 0 Å². The lowest BCUT2D eigenvalue weighted by Crippen LogP contribution is -2.09. The fourth-order valence-electron chi connectivity index (χ4n) is 1.94. The molecule has 2 aromatic rings. The van der Waals surface area contributed by atoms with Crippen LogP contribution in [0.4, 0.5) is 15.8 Å². The van der Waals surface area contributed by atoms with Crippen molar-refractivity contribution in [3.63, 3.8) is 0 Å². The minimum absolute atomic E-state index is 0.0669. The largest absolute Gasteiger partial charge is 0.494 e. The molecule has 0 aliphatic rings. The average Bonchev–Trinajstić information content (AvgIpc) is 2.56. The van der Waals surface area contributed by atoms with Crippen molar-refractivity contribution in [3.8, 4) is 5.75 Å². The van der Waals surface area contributed by atoms with Gasteiger partial charge in [-0.15, -0.1) is 0 Å². The molecule has 24 heavy (non-hydrogen) atoms. The maximum absolute atomic E-state index is 12.8. The normalized spacial score (nSPS) is 10.6. The van der Waals surface area contributed by atoms with Gasteiger partial charge in [0.15, 0.2) is 0 Å². The Morgan fingerprint density at radius 3 is 2.62 bits per heavy atom. The van der Waals surface area contributed by atoms with Crippen molar-refractivity contribution in [1.29, 1.82) is 0 Å². The predicted molar refractivity (Wildman–Crippen MR) is 88.3 cm³/mol. The summed E-state index contributed by atoms with van der Waals surface area (Å²) < 4.78 is 18.0. The summed E-state index contributed by atoms with van der Waals surface area (Å²) in [7, 11) is 0. The molecule has 6 nitrogen and oxygen atoms in total. The van der Waals surface area contributed by atoms with Gasteiger partial charge in [0.05, 0.1) is 17.6 Å². The summed E-state index contributed by atoms with van der Waals surface area (Å²) in [6, 6.07) is 9.77. The van der Waals surface area contributed by atoms with Crippen molar-refractivity contribution in [2.75, 3.05) is 11.9 Å². The van der Waals surface area contributed by atoms with Gasteiger partial charge in [-0.25, -0.2) is 4.39 Å². The third kappa shape index (κ3) is 4.64. The van der Waals surface area contributed by atoms with Crippen molar-refractivity contribution in [3.05, 3.63) is 70.0 Å². The molecule has 124 valence electrons. The quantitative estimate of drug-likeness (QED) is 0.496. The van der Waals surface area contributed by atoms with Gasteiger partial charge in [0.2, 0.25) is 5.91 Å². The van der Waals surface area contributed by atoms with Crippen LogP contribution in [-0.4, -0.2) is 17.4 Å². The van der Waals surface area contributed by atoms with E-state index in [4.69, 9.17) is 4.74 Å². The molecule has 1 N–H and O–H groups in total. The lowest BCUT2D eigenvalue weighted by Gasteiger charge is -2.07. The van der Waals surface area contributed by atoms with Gasteiger partial charge >= 0.3 is 0 Å². The summed E-state index contributed by atoms with van der Waals surface area (Å²) in [4.78, 5) is 22.4. The molecule has 2 aromatic carbocycles. The fraction of sp³-hybridized carbons (Fsp3) is 0.118. The predicted octanol–water partition coefficient (Wildman–Crippen LogP) is 3.78. The maximum Gasteiger partial charge on any atom is 0.296 e. The number of anilines is 1. The molecular formula is C17H15FN2O4. The van der Waals surface area contributed by atoms with Crippen LogP contribution in [0, 0.1) is 15.9 Å². The van der Waals surface area contributed by atoms with E-state index in [1.54, 1.807) is 6.92 Å². The second kappa shape index (κ2) is 7.87. The molecule has 0 radical (unpaired) electrons. The molecule has 7 heteroatoms. The number of amides is 1. The van der Waals surface area contributed by atoms with Crippen LogP contribution in [0.1, 0.15) is 12.5 Å². The van der Waals surface area contributed by atoms with Gasteiger partial charge in [-0.2, -0.15) is 0 Å². The number of nitrogens with zero attached hydrogens (tertiary/aromatic N) is 1. The van der Waals surface area contributed by atoms with Crippen LogP contribution >= 0.6 is 0 Å². The first kappa shape index (κ1) is 17.1. The van der Waals surface area contributed by atoms with Crippen LogP contribution < -0.4 is 10.1 Å². The van der Waals surface area contributed by atoms with E-state index >= 15 is 0 Å². The number of nitrogens with one attached hydrogen (secondary N) is 1. The average molecular weight is 330 g/mol. The highest BCUT2D eigenvalue weighted by atomic mass is 19.1. The molecule has 0 aliphatic heterocycles. The summed E-state index contributed by atoms with van der Waals surface area (Å²) in [5.41, 5.74) is 0.439. The second-order valence-corrected chi connectivity index (χ2v) is 4.74. The fourth-order valence-corrected chi connectivity index (χ4v) is 1.94. The number of carbonyl (C=O) groups is 1. The number of halogens is 1. The van der Waals surface area contributed by atoms with Crippen molar-refractivity contribution < 1.29 is 18.8 Å². The van der Waals surface area contributed by atoms with E-state index in [0.29, 0.717) is 17.9 Å². The Labute approximate surface area is 137 Å². The Kier molecular flexibility index (Phi) is 5.62. The smallest absolute Gasteiger partial charge is 0.296 e. The lowest BCUT2D eigenvalue weighted by molar-refractivity contribution is -0.384. The van der Waals surface area contributed by atoms with E-state index in [2.05, 4.69) is 5.32 Å². The molecule has 0 atom stereocenters. The van der Waals surface area contributed by atoms with Crippen LogP contribution in [0.5, 0.6) is 5.75 Å². The number of carbonyl (C=O) groups excluding carboxylic acids is 1. The molecular weight excluding hydrogens is 315 g/mol. The Hall–Kier alpha value is -3.22. The topological polar surface area (TPSA) is 81.5 Å². The van der Waals surface area contributed by atoms with Gasteiger partial charge in [0.25, 0.3) is 5.69 Å². The molecule has 2 rings (SSSR count). The van der Waals surface area contributed by atoms with E-state index in [1.807, 2.05) is 0 Å². The van der Waals surface area contributed by atoms with E-state index in [9.17, 15) is 19.3 Å². The Morgan fingerprint density at radius 2 is 2.00 bits per heavy atom. The first-order valence-corrected chi connectivity index (χ1v) is 7.15. The molecule has 0 aromatic heterocycles. The van der Waals surface area contributed by atoms with Gasteiger partial charge in [0.1, 0.15) is 17.3 Å². The van der Waals surface area contributed by atoms with Crippen molar-refractivity contribution in [2.45, 2.75) is 6.92 Å². The third-order valence-corrected chi connectivity index (χ3v) is 3.03. The summed E-state index contributed by atoms with van der Waals surface area (Å²) >= 11 is 0. The van der Waals surface area contributed by atoms with Crippen LogP contribution in [-0.2, 0) is 4.79 Å². The van der Waals surface area contributed by atoms with E-state index in [-0.39, 0.29) is 17.2 Å². The summed E-state index contributed by atoms with van der Waals surface area (Å²) in [6.45, 7) is 2.14. The monoisotopic (exact) mass is 330 g/mol. The van der Waals surface area contributed by atoms with Crippen LogP contribution in [0.15, 0.2) is 48.5 Å². The number of nitro groups is 1. The zero-order chi connectivity index (χ0) is 17.5. The SMILES string of the molecule is CCOc1ccc(NC(=O)/C=C/c2ccc(F)cc2)c([N+](=O)[O-])c1. The summed E-state index contributed by atoms with van der Waals surface area (Å²) in [5.74, 6) is -0.558. The third-order valence-electron chi connectivity index (χ3n) is 3.03. The molecule has 0 heterocycles. The molecule has 0 saturated carbocycles. The number of hydrogen-bond acceptors (Lipinski definition) is 4. The molecule has 0 aliphatic carbocycles. The van der Waals surface area contributed by atoms with Gasteiger partial charge in [-0.05, 0) is 42.8 Å². The van der Waals surface area contributed by atoms with Crippen LogP contribution in [0.2, 0.25) is 0 Å². The Morgan fingerprint density at radius 1 is 1.29 bits per heavy atom. The zero-order valence-electron chi connectivity index (χ0n) is 12.9. The maximum atomic E-state index is 12.8. The van der Waals surface area contributed by atoms with Crippen molar-refractivity contribution in [1.82, 2.24) is 0 Å². The van der Waals surface area contributed by atoms with Gasteiger partial charge in [-0.3, -0.25) is 14.9 Å². The number of benzene rings is 2. The zero-order valence-corrected chi connectivity index (χ0v) is 12.9. The van der Waals surface area contributed by atoms with Crippen molar-refractivity contribution >= 4 is 23.4 Å². The standard InChI is InChI=1S/C17H15FN2O4/c1-2-24-14-8-9-15(16(11-14)20(22)23)19-17(21)10-5-12-3-6-13(18)7-4-12/h3-11H,2H2,1H3,(H,19,21)/b10-5+. The molecule has 0 fully saturated rings. The van der Waals surface area contributed by atoms with Crippen LogP contribution in [0.25, 0.3) is 6.08 Å². The highest BCUT2D eigenvalue weighted by Crippen LogP contribution is 2.29. The van der Waals surface area contributed by atoms with E-state index in [1.165, 1.54) is 54.6 Å². The van der Waals surface area contributed by atoms with Gasteiger partial charge in [0, 0.05) is 6.08 Å². The summed E-state index contributed by atoms with van der Waals surface area (Å²) in [6.07, 6.45) is 2.70. The molecule has 0 saturated heterocycles. The first-order valence-electron chi connectivity index (χ1n) is 7.15. The van der Waals surface area contributed by atoms with E-state index in [0.717, 1.165) is 0 Å². The minimum Gasteiger partial charge on any atom is -0.494 e. The lowest BCUT2D eigenvalue weighted by atomic mass is 10.2. The molecule has 0 bridgehead atoms. The van der Waals surface area contributed by atoms with E-state index < -0.39 is 10.8 Å². The number of hydrogen-bond donors (Lipinski definition) is 1. The molecule has 1 amide bonds. The molecule has 0 unspecified atom stereocenters. The van der Waals surface area contributed by atoms with Gasteiger partial charge in [-0.1, -0.05) is 12.1 Å².